The Bertz CT molecular complexity index is 317. The molecule has 0 N–H and O–H groups in total. The number of rotatable bonds is 0. The Labute approximate surface area is 74.3 Å². The first-order valence-corrected chi connectivity index (χ1v) is 3.35. The Morgan fingerprint density at radius 1 is 2.00 bits per heavy atom. The molecule has 0 heterocycles. The molecule has 0 amide bonds. The largest absolute Gasteiger partial charge is 0.0847 e. The highest BCUT2D eigenvalue weighted by atomic mass is 127. The van der Waals surface area contributed by atoms with Gasteiger partial charge in [-0.2, -0.15) is 0 Å². The summed E-state index contributed by atoms with van der Waals surface area (Å²) in [7, 11) is 0. The highest BCUT2D eigenvalue weighted by Crippen LogP contribution is 2.21. The summed E-state index contributed by atoms with van der Waals surface area (Å²) in [5.41, 5.74) is 0. The maximum atomic E-state index is 7.71. The predicted molar refractivity (Wildman–Crippen MR) is 45.3 cm³/mol. The Balaban J connectivity index is 3.49. The third-order valence-electron chi connectivity index (χ3n) is 0.785. The Hall–Kier alpha value is 0.470. The van der Waals surface area contributed by atoms with Crippen molar-refractivity contribution in [1.82, 2.24) is 0 Å². The molecule has 0 aromatic carbocycles. The quantitative estimate of drug-likeness (QED) is 0.340. The van der Waals surface area contributed by atoms with Crippen molar-refractivity contribution >= 4 is 22.6 Å². The van der Waals surface area contributed by atoms with E-state index in [1.54, 1.807) is 0 Å². The topological polar surface area (TPSA) is 0 Å². The van der Waals surface area contributed by atoms with E-state index >= 15 is 0 Å². The van der Waals surface area contributed by atoms with E-state index in [1.165, 1.54) is 22.6 Å². The molecule has 0 spiro atoms. The molecule has 8 heavy (non-hydrogen) atoms. The summed E-state index contributed by atoms with van der Waals surface area (Å²) < 4.78 is 51.6. The number of allylic oxidation sites excluding steroid dienone is 2. The van der Waals surface area contributed by atoms with Gasteiger partial charge in [-0.25, -0.2) is 0 Å². The first-order chi connectivity index (χ1) is 6.38. The van der Waals surface area contributed by atoms with E-state index < -0.39 is 22.5 Å². The van der Waals surface area contributed by atoms with E-state index in [0.29, 0.717) is 0 Å². The van der Waals surface area contributed by atoms with Crippen LogP contribution in [0.15, 0.2) is 12.1 Å². The molecule has 2 atom stereocenters. The lowest BCUT2D eigenvalue weighted by Gasteiger charge is -2.14. The number of hydrogen-bond donors (Lipinski definition) is 0. The average Bonchev–Trinajstić information content (AvgIpc) is 2.00. The molecule has 0 saturated carbocycles. The van der Waals surface area contributed by atoms with Gasteiger partial charge in [-0.15, -0.1) is 0 Å². The van der Waals surface area contributed by atoms with Crippen molar-refractivity contribution in [1.29, 1.82) is 0 Å². The van der Waals surface area contributed by atoms with E-state index in [-0.39, 0.29) is 6.05 Å². The summed E-state index contributed by atoms with van der Waals surface area (Å²) >= 11 is 1.46. The molecule has 46 valence electrons. The second-order valence-electron chi connectivity index (χ2n) is 1.51. The van der Waals surface area contributed by atoms with E-state index in [2.05, 4.69) is 0 Å². The number of halogens is 1. The molecular weight excluding hydrogens is 211 g/mol. The molecule has 0 saturated heterocycles. The van der Waals surface area contributed by atoms with E-state index in [0.717, 1.165) is 13.0 Å². The maximum absolute atomic E-state index is 7.71. The minimum Gasteiger partial charge on any atom is -0.0847 e. The van der Waals surface area contributed by atoms with E-state index in [1.807, 2.05) is 0 Å². The van der Waals surface area contributed by atoms with Crippen LogP contribution in [-0.4, -0.2) is 3.90 Å². The van der Waals surface area contributed by atoms with Gasteiger partial charge >= 0.3 is 0 Å². The first-order valence-electron chi connectivity index (χ1n) is 5.77. The van der Waals surface area contributed by atoms with Crippen LogP contribution in [0.25, 0.3) is 0 Å². The highest BCUT2D eigenvalue weighted by Gasteiger charge is 2.07. The van der Waals surface area contributed by atoms with Gasteiger partial charge in [0.25, 0.3) is 0 Å². The molecule has 1 aliphatic carbocycles. The van der Waals surface area contributed by atoms with Crippen LogP contribution >= 0.6 is 22.6 Å². The summed E-state index contributed by atoms with van der Waals surface area (Å²) in [6, 6.07) is -0.355. The van der Waals surface area contributed by atoms with Crippen LogP contribution in [0.4, 0.5) is 0 Å². The van der Waals surface area contributed by atoms with Crippen molar-refractivity contribution in [2.75, 3.05) is 0 Å². The summed E-state index contributed by atoms with van der Waals surface area (Å²) in [5, 5.41) is 0. The fraction of sp³-hybridized carbons (Fsp3) is 0.714. The molecule has 1 aliphatic rings. The van der Waals surface area contributed by atoms with Crippen molar-refractivity contribution in [2.24, 2.45) is 5.89 Å². The zero-order valence-electron chi connectivity index (χ0n) is 11.5. The predicted octanol–water partition coefficient (Wildman–Crippen LogP) is 2.78. The van der Waals surface area contributed by atoms with Gasteiger partial charge in [0, 0.05) is 12.1 Å². The standard InChI is InChI=1S/C7H11I/c1-6-2-4-7(8)5-3-6/h2,4,6-7H,3,5H2,1H3/i2D,3D2,5D2,6D,7D. The van der Waals surface area contributed by atoms with Gasteiger partial charge in [0.2, 0.25) is 0 Å². The summed E-state index contributed by atoms with van der Waals surface area (Å²) in [5.74, 6) is -1.97. The molecule has 1 rings (SSSR count). The molecule has 2 unspecified atom stereocenters. The Kier molecular flexibility index (Phi) is 0.704. The van der Waals surface area contributed by atoms with Crippen LogP contribution < -0.4 is 0 Å². The Morgan fingerprint density at radius 3 is 3.50 bits per heavy atom. The monoisotopic (exact) mass is 229 g/mol. The first kappa shape index (κ1) is 1.97. The maximum Gasteiger partial charge on any atom is 0.0576 e. The van der Waals surface area contributed by atoms with Crippen LogP contribution in [-0.2, 0) is 0 Å². The molecule has 1 heteroatoms. The van der Waals surface area contributed by atoms with Crippen LogP contribution in [0.1, 0.15) is 29.3 Å². The van der Waals surface area contributed by atoms with Gasteiger partial charge in [-0.05, 0) is 18.6 Å². The van der Waals surface area contributed by atoms with Crippen LogP contribution in [0, 0.1) is 5.89 Å². The molecule has 0 aromatic heterocycles. The summed E-state index contributed by atoms with van der Waals surface area (Å²) in [6.07, 6.45) is -4.09. The van der Waals surface area contributed by atoms with E-state index in [9.17, 15) is 0 Å². The third-order valence-corrected chi connectivity index (χ3v) is 1.37. The van der Waals surface area contributed by atoms with Gasteiger partial charge < -0.3 is 0 Å². The minimum absolute atomic E-state index is 0.355. The molecule has 0 nitrogen and oxygen atoms in total. The molecule has 0 aromatic rings. The molecule has 0 fully saturated rings. The van der Waals surface area contributed by atoms with Gasteiger partial charge in [0.05, 0.1) is 1.37 Å². The molecule has 0 bridgehead atoms. The third kappa shape index (κ3) is 1.77. The molecule has 0 radical (unpaired) electrons. The van der Waals surface area contributed by atoms with Gasteiger partial charge in [0.15, 0.2) is 0 Å². The molecular formula is C7H11I. The van der Waals surface area contributed by atoms with Gasteiger partial charge in [-0.1, -0.05) is 41.6 Å². The lowest BCUT2D eigenvalue weighted by molar-refractivity contribution is 0.597. The van der Waals surface area contributed by atoms with Crippen LogP contribution in [0.3, 0.4) is 0 Å². The lowest BCUT2D eigenvalue weighted by Crippen LogP contribution is -2.03. The molecule has 0 aliphatic heterocycles. The number of hydrogen-bond acceptors (Lipinski definition) is 0. The zero-order chi connectivity index (χ0) is 12.3. The SMILES string of the molecule is [2H]C1=CC([2H])(I)C([2H])([2H])C([2H])([2H])C1([2H])C. The van der Waals surface area contributed by atoms with Crippen molar-refractivity contribution in [3.8, 4) is 0 Å². The van der Waals surface area contributed by atoms with E-state index in [4.69, 9.17) is 9.60 Å². The summed E-state index contributed by atoms with van der Waals surface area (Å²) in [6.45, 7) is 1.16. The lowest BCUT2D eigenvalue weighted by atomic mass is 9.98. The zero-order valence-corrected chi connectivity index (χ0v) is 6.61. The minimum atomic E-state index is -2.57. The van der Waals surface area contributed by atoms with Crippen LogP contribution in [0.2, 0.25) is 0 Å². The van der Waals surface area contributed by atoms with Crippen molar-refractivity contribution in [3.63, 3.8) is 0 Å². The normalized spacial score (nSPS) is 82.8. The number of alkyl halides is 1. The summed E-state index contributed by atoms with van der Waals surface area (Å²) in [4.78, 5) is 0. The van der Waals surface area contributed by atoms with Crippen molar-refractivity contribution < 1.29 is 9.60 Å². The van der Waals surface area contributed by atoms with Gasteiger partial charge in [-0.3, -0.25) is 0 Å². The Morgan fingerprint density at radius 2 is 2.75 bits per heavy atom. The highest BCUT2D eigenvalue weighted by molar-refractivity contribution is 14.1. The fourth-order valence-electron chi connectivity index (χ4n) is 0.397. The fourth-order valence-corrected chi connectivity index (χ4v) is 0.688. The van der Waals surface area contributed by atoms with Crippen molar-refractivity contribution in [3.05, 3.63) is 12.1 Å². The average molecular weight is 229 g/mol. The van der Waals surface area contributed by atoms with Gasteiger partial charge in [0.1, 0.15) is 0 Å². The smallest absolute Gasteiger partial charge is 0.0576 e. The second-order valence-corrected chi connectivity index (χ2v) is 2.67. The van der Waals surface area contributed by atoms with Crippen LogP contribution in [0.5, 0.6) is 0 Å². The second kappa shape index (κ2) is 2.85. The van der Waals surface area contributed by atoms with Crippen molar-refractivity contribution in [2.45, 2.75) is 23.6 Å².